The highest BCUT2D eigenvalue weighted by Gasteiger charge is 2.59. The molecule has 0 spiro atoms. The summed E-state index contributed by atoms with van der Waals surface area (Å²) in [6.45, 7) is 12.8. The highest BCUT2D eigenvalue weighted by molar-refractivity contribution is 5.26. The first-order valence-electron chi connectivity index (χ1n) is 13.5. The molecule has 3 saturated carbocycles. The van der Waals surface area contributed by atoms with Crippen molar-refractivity contribution in [2.75, 3.05) is 14.1 Å². The van der Waals surface area contributed by atoms with Gasteiger partial charge in [0.1, 0.15) is 0 Å². The molecule has 0 N–H and O–H groups in total. The minimum Gasteiger partial charge on any atom is -0.306 e. The van der Waals surface area contributed by atoms with Crippen molar-refractivity contribution in [3.63, 3.8) is 0 Å². The maximum absolute atomic E-state index is 2.75. The molecule has 4 rings (SSSR count). The summed E-state index contributed by atoms with van der Waals surface area (Å²) < 4.78 is 0. The third-order valence-corrected chi connectivity index (χ3v) is 11.0. The zero-order valence-corrected chi connectivity index (χ0v) is 21.3. The summed E-state index contributed by atoms with van der Waals surface area (Å²) in [5.41, 5.74) is 2.98. The summed E-state index contributed by atoms with van der Waals surface area (Å²) in [4.78, 5) is 2.48. The van der Waals surface area contributed by atoms with Gasteiger partial charge < -0.3 is 4.90 Å². The molecule has 0 unspecified atom stereocenters. The predicted molar refractivity (Wildman–Crippen MR) is 131 cm³/mol. The largest absolute Gasteiger partial charge is 0.306 e. The molecule has 4 aliphatic carbocycles. The van der Waals surface area contributed by atoms with Gasteiger partial charge in [-0.1, -0.05) is 65.5 Å². The molecule has 8 atom stereocenters. The van der Waals surface area contributed by atoms with Gasteiger partial charge in [0.25, 0.3) is 0 Å². The Hall–Kier alpha value is -0.300. The van der Waals surface area contributed by atoms with Crippen molar-refractivity contribution in [3.8, 4) is 0 Å². The molecular formula is C29H51N. The standard InChI is InChI=1S/C29H51N/c1-20(2)9-8-10-21(3)25-13-14-26-24-12-11-22-19-23(30(6)7)15-17-28(22,4)27(24)16-18-29(25,26)5/h11,20-21,23-27H,8-10,12-19H2,1-7H3/t21-,23+,24+,25-,26+,27+,28+,29-/m1/s1. The number of nitrogens with zero attached hydrogens (tertiary/aromatic N) is 1. The molecule has 0 aromatic rings. The minimum atomic E-state index is 0.512. The van der Waals surface area contributed by atoms with Gasteiger partial charge in [-0.25, -0.2) is 0 Å². The van der Waals surface area contributed by atoms with E-state index >= 15 is 0 Å². The lowest BCUT2D eigenvalue weighted by atomic mass is 9.47. The van der Waals surface area contributed by atoms with E-state index in [-0.39, 0.29) is 0 Å². The van der Waals surface area contributed by atoms with E-state index in [1.807, 2.05) is 5.57 Å². The van der Waals surface area contributed by atoms with Crippen LogP contribution in [0.4, 0.5) is 0 Å². The van der Waals surface area contributed by atoms with Gasteiger partial charge in [0.2, 0.25) is 0 Å². The molecule has 1 heteroatoms. The van der Waals surface area contributed by atoms with E-state index in [4.69, 9.17) is 0 Å². The Kier molecular flexibility index (Phi) is 6.53. The normalized spacial score (nSPS) is 44.4. The van der Waals surface area contributed by atoms with Gasteiger partial charge >= 0.3 is 0 Å². The van der Waals surface area contributed by atoms with Crippen LogP contribution in [0.15, 0.2) is 11.6 Å². The van der Waals surface area contributed by atoms with Crippen molar-refractivity contribution in [1.82, 2.24) is 4.90 Å². The highest BCUT2D eigenvalue weighted by atomic mass is 15.1. The third-order valence-electron chi connectivity index (χ3n) is 11.0. The number of hydrogen-bond donors (Lipinski definition) is 0. The van der Waals surface area contributed by atoms with Crippen molar-refractivity contribution >= 4 is 0 Å². The fraction of sp³-hybridized carbons (Fsp3) is 0.931. The van der Waals surface area contributed by atoms with Crippen LogP contribution >= 0.6 is 0 Å². The maximum atomic E-state index is 2.75. The summed E-state index contributed by atoms with van der Waals surface area (Å²) in [7, 11) is 4.57. The van der Waals surface area contributed by atoms with Crippen molar-refractivity contribution in [2.24, 2.45) is 46.3 Å². The molecule has 1 nitrogen and oxygen atoms in total. The van der Waals surface area contributed by atoms with E-state index in [0.717, 1.165) is 41.5 Å². The zero-order chi connectivity index (χ0) is 21.7. The molecule has 0 aromatic carbocycles. The Labute approximate surface area is 188 Å². The molecule has 0 amide bonds. The first-order chi connectivity index (χ1) is 14.2. The molecule has 3 fully saturated rings. The molecule has 0 radical (unpaired) electrons. The van der Waals surface area contributed by atoms with Crippen molar-refractivity contribution < 1.29 is 0 Å². The topological polar surface area (TPSA) is 3.24 Å². The Morgan fingerprint density at radius 2 is 1.73 bits per heavy atom. The number of hydrogen-bond acceptors (Lipinski definition) is 1. The second-order valence-corrected chi connectivity index (χ2v) is 13.1. The van der Waals surface area contributed by atoms with Crippen LogP contribution in [0, 0.1) is 46.3 Å². The summed E-state index contributed by atoms with van der Waals surface area (Å²) in [5, 5.41) is 0. The van der Waals surface area contributed by atoms with Gasteiger partial charge in [-0.2, -0.15) is 0 Å². The number of fused-ring (bicyclic) bond motifs is 5. The van der Waals surface area contributed by atoms with Gasteiger partial charge in [0.15, 0.2) is 0 Å². The number of allylic oxidation sites excluding steroid dienone is 1. The van der Waals surface area contributed by atoms with E-state index in [9.17, 15) is 0 Å². The van der Waals surface area contributed by atoms with E-state index in [1.54, 1.807) is 0 Å². The lowest BCUT2D eigenvalue weighted by Gasteiger charge is -2.59. The number of rotatable bonds is 6. The monoisotopic (exact) mass is 413 g/mol. The van der Waals surface area contributed by atoms with E-state index in [0.29, 0.717) is 10.8 Å². The average molecular weight is 414 g/mol. The van der Waals surface area contributed by atoms with Crippen LogP contribution in [0.25, 0.3) is 0 Å². The van der Waals surface area contributed by atoms with Crippen LogP contribution in [-0.4, -0.2) is 25.0 Å². The van der Waals surface area contributed by atoms with Crippen LogP contribution in [0.3, 0.4) is 0 Å². The van der Waals surface area contributed by atoms with Crippen LogP contribution in [0.1, 0.15) is 105 Å². The second kappa shape index (κ2) is 8.57. The van der Waals surface area contributed by atoms with Gasteiger partial charge in [-0.05, 0) is 112 Å². The second-order valence-electron chi connectivity index (χ2n) is 13.1. The Morgan fingerprint density at radius 3 is 2.43 bits per heavy atom. The van der Waals surface area contributed by atoms with Gasteiger partial charge in [-0.15, -0.1) is 0 Å². The molecule has 0 heterocycles. The summed E-state index contributed by atoms with van der Waals surface area (Å²) >= 11 is 0. The SMILES string of the molecule is CC(C)CCC[C@@H](C)[C@H]1CC[C@H]2[C@@H]3CC=C4C[C@@H](N(C)C)CC[C@]4(C)[C@H]3CC[C@]12C. The highest BCUT2D eigenvalue weighted by Crippen LogP contribution is 2.67. The Bertz CT molecular complexity index is 632. The summed E-state index contributed by atoms with van der Waals surface area (Å²) in [6.07, 6.45) is 18.7. The summed E-state index contributed by atoms with van der Waals surface area (Å²) in [6, 6.07) is 0.775. The van der Waals surface area contributed by atoms with Crippen LogP contribution in [0.2, 0.25) is 0 Å². The molecule has 0 aromatic heterocycles. The fourth-order valence-corrected chi connectivity index (χ4v) is 9.11. The van der Waals surface area contributed by atoms with Gasteiger partial charge in [0.05, 0.1) is 0 Å². The maximum Gasteiger partial charge on any atom is 0.0127 e. The van der Waals surface area contributed by atoms with Crippen molar-refractivity contribution in [1.29, 1.82) is 0 Å². The average Bonchev–Trinajstić information content (AvgIpc) is 3.04. The molecule has 0 saturated heterocycles. The Morgan fingerprint density at radius 1 is 0.967 bits per heavy atom. The van der Waals surface area contributed by atoms with Crippen molar-refractivity contribution in [3.05, 3.63) is 11.6 Å². The summed E-state index contributed by atoms with van der Waals surface area (Å²) in [5.74, 6) is 5.71. The lowest BCUT2D eigenvalue weighted by Crippen LogP contribution is -2.51. The first-order valence-corrected chi connectivity index (χ1v) is 13.5. The third kappa shape index (κ3) is 3.84. The zero-order valence-electron chi connectivity index (χ0n) is 21.3. The van der Waals surface area contributed by atoms with Gasteiger partial charge in [-0.3, -0.25) is 0 Å². The molecule has 0 bridgehead atoms. The molecule has 172 valence electrons. The van der Waals surface area contributed by atoms with E-state index < -0.39 is 0 Å². The molecule has 0 aliphatic heterocycles. The minimum absolute atomic E-state index is 0.512. The molecular weight excluding hydrogens is 362 g/mol. The van der Waals surface area contributed by atoms with E-state index in [1.165, 1.54) is 70.6 Å². The smallest absolute Gasteiger partial charge is 0.0127 e. The fourth-order valence-electron chi connectivity index (χ4n) is 9.11. The molecule has 4 aliphatic rings. The molecule has 30 heavy (non-hydrogen) atoms. The van der Waals surface area contributed by atoms with Crippen LogP contribution < -0.4 is 0 Å². The van der Waals surface area contributed by atoms with E-state index in [2.05, 4.69) is 59.7 Å². The lowest BCUT2D eigenvalue weighted by molar-refractivity contribution is -0.0535. The van der Waals surface area contributed by atoms with Gasteiger partial charge in [0, 0.05) is 6.04 Å². The quantitative estimate of drug-likeness (QED) is 0.399. The predicted octanol–water partition coefficient (Wildman–Crippen LogP) is 7.96. The van der Waals surface area contributed by atoms with Crippen LogP contribution in [-0.2, 0) is 0 Å². The Balaban J connectivity index is 1.48. The first kappa shape index (κ1) is 22.9. The van der Waals surface area contributed by atoms with Crippen molar-refractivity contribution in [2.45, 2.75) is 111 Å². The van der Waals surface area contributed by atoms with Crippen LogP contribution in [0.5, 0.6) is 0 Å².